The molecule has 0 spiro atoms. The zero-order chi connectivity index (χ0) is 18.4. The van der Waals surface area contributed by atoms with Crippen molar-refractivity contribution in [3.8, 4) is 17.6 Å². The number of rotatable bonds is 6. The summed E-state index contributed by atoms with van der Waals surface area (Å²) in [4.78, 5) is 1.87. The second kappa shape index (κ2) is 8.66. The summed E-state index contributed by atoms with van der Waals surface area (Å²) in [5.74, 6) is 1.35. The first kappa shape index (κ1) is 18.2. The van der Waals surface area contributed by atoms with Gasteiger partial charge in [0.1, 0.15) is 6.61 Å². The second-order valence-corrected chi connectivity index (χ2v) is 7.06. The minimum atomic E-state index is 0.476. The number of hydrogen-bond acceptors (Lipinski definition) is 4. The Kier molecular flexibility index (Phi) is 6.06. The quantitative estimate of drug-likeness (QED) is 0.529. The normalized spacial score (nSPS) is 10.2. The van der Waals surface area contributed by atoms with Gasteiger partial charge in [0, 0.05) is 14.8 Å². The Labute approximate surface area is 162 Å². The van der Waals surface area contributed by atoms with Gasteiger partial charge in [-0.1, -0.05) is 53.7 Å². The van der Waals surface area contributed by atoms with Crippen molar-refractivity contribution < 1.29 is 9.47 Å². The minimum Gasteiger partial charge on any atom is -0.493 e. The van der Waals surface area contributed by atoms with Crippen molar-refractivity contribution in [3.05, 3.63) is 82.9 Å². The fourth-order valence-corrected chi connectivity index (χ4v) is 3.63. The van der Waals surface area contributed by atoms with Crippen LogP contribution >= 0.6 is 23.4 Å². The number of nitrogens with zero attached hydrogens (tertiary/aromatic N) is 1. The molecular formula is C21H16ClNO2S. The molecule has 0 radical (unpaired) electrons. The number of ether oxygens (including phenoxy) is 2. The van der Waals surface area contributed by atoms with Crippen LogP contribution in [0.5, 0.6) is 11.5 Å². The van der Waals surface area contributed by atoms with Gasteiger partial charge < -0.3 is 9.47 Å². The third-order valence-corrected chi connectivity index (χ3v) is 4.79. The van der Waals surface area contributed by atoms with Gasteiger partial charge >= 0.3 is 0 Å². The van der Waals surface area contributed by atoms with Gasteiger partial charge in [-0.25, -0.2) is 0 Å². The van der Waals surface area contributed by atoms with Crippen LogP contribution in [0.3, 0.4) is 0 Å². The molecule has 0 fully saturated rings. The van der Waals surface area contributed by atoms with Crippen LogP contribution in [0.1, 0.15) is 11.1 Å². The number of methoxy groups -OCH3 is 1. The predicted octanol–water partition coefficient (Wildman–Crippen LogP) is 5.95. The highest BCUT2D eigenvalue weighted by Gasteiger charge is 2.08. The van der Waals surface area contributed by atoms with E-state index in [9.17, 15) is 0 Å². The standard InChI is InChI=1S/C21H16ClNO2S/c1-24-21-12-18(26-19-10-16(13-23)9-17(22)11-19)7-8-20(21)25-14-15-5-3-2-4-6-15/h2-12H,14H2,1H3. The Bertz CT molecular complexity index is 938. The first-order valence-corrected chi connectivity index (χ1v) is 9.10. The molecule has 26 heavy (non-hydrogen) atoms. The summed E-state index contributed by atoms with van der Waals surface area (Å²) < 4.78 is 11.3. The average Bonchev–Trinajstić information content (AvgIpc) is 2.67. The molecule has 0 bridgehead atoms. The van der Waals surface area contributed by atoms with Crippen LogP contribution in [0.15, 0.2) is 76.5 Å². The number of benzene rings is 3. The van der Waals surface area contributed by atoms with Gasteiger partial charge in [-0.15, -0.1) is 0 Å². The Balaban J connectivity index is 1.76. The lowest BCUT2D eigenvalue weighted by Gasteiger charge is -2.12. The molecule has 0 saturated heterocycles. The molecule has 3 nitrogen and oxygen atoms in total. The maximum absolute atomic E-state index is 9.07. The lowest BCUT2D eigenvalue weighted by atomic mass is 10.2. The van der Waals surface area contributed by atoms with Crippen LogP contribution in [0.25, 0.3) is 0 Å². The topological polar surface area (TPSA) is 42.2 Å². The highest BCUT2D eigenvalue weighted by atomic mass is 35.5. The summed E-state index contributed by atoms with van der Waals surface area (Å²) in [6.45, 7) is 0.476. The summed E-state index contributed by atoms with van der Waals surface area (Å²) in [5.41, 5.74) is 1.63. The molecule has 0 N–H and O–H groups in total. The predicted molar refractivity (Wildman–Crippen MR) is 104 cm³/mol. The summed E-state index contributed by atoms with van der Waals surface area (Å²) in [6, 6.07) is 23.1. The van der Waals surface area contributed by atoms with Crippen molar-refractivity contribution in [3.63, 3.8) is 0 Å². The highest BCUT2D eigenvalue weighted by molar-refractivity contribution is 7.99. The average molecular weight is 382 g/mol. The molecule has 5 heteroatoms. The molecule has 0 saturated carbocycles. The Hall–Kier alpha value is -2.61. The lowest BCUT2D eigenvalue weighted by Crippen LogP contribution is -1.97. The van der Waals surface area contributed by atoms with Gasteiger partial charge in [0.15, 0.2) is 11.5 Å². The molecule has 3 rings (SSSR count). The van der Waals surface area contributed by atoms with Crippen molar-refractivity contribution in [1.82, 2.24) is 0 Å². The third-order valence-electron chi connectivity index (χ3n) is 3.61. The third kappa shape index (κ3) is 4.72. The molecule has 3 aromatic carbocycles. The van der Waals surface area contributed by atoms with E-state index in [1.54, 1.807) is 13.2 Å². The molecule has 0 unspecified atom stereocenters. The van der Waals surface area contributed by atoms with E-state index in [1.807, 2.05) is 60.7 Å². The maximum Gasteiger partial charge on any atom is 0.161 e. The van der Waals surface area contributed by atoms with E-state index in [4.69, 9.17) is 26.3 Å². The van der Waals surface area contributed by atoms with E-state index < -0.39 is 0 Å². The van der Waals surface area contributed by atoms with Crippen LogP contribution in [-0.2, 0) is 6.61 Å². The van der Waals surface area contributed by atoms with Gasteiger partial charge in [0.2, 0.25) is 0 Å². The molecule has 130 valence electrons. The van der Waals surface area contributed by atoms with Crippen LogP contribution in [0.4, 0.5) is 0 Å². The van der Waals surface area contributed by atoms with Gasteiger partial charge in [-0.3, -0.25) is 0 Å². The maximum atomic E-state index is 9.07. The molecule has 3 aromatic rings. The smallest absolute Gasteiger partial charge is 0.161 e. The zero-order valence-corrected chi connectivity index (χ0v) is 15.7. The lowest BCUT2D eigenvalue weighted by molar-refractivity contribution is 0.284. The molecule has 0 aliphatic heterocycles. The SMILES string of the molecule is COc1cc(Sc2cc(Cl)cc(C#N)c2)ccc1OCc1ccccc1. The van der Waals surface area contributed by atoms with E-state index in [2.05, 4.69) is 6.07 Å². The Morgan fingerprint density at radius 2 is 1.77 bits per heavy atom. The van der Waals surface area contributed by atoms with E-state index in [0.29, 0.717) is 28.7 Å². The van der Waals surface area contributed by atoms with Crippen molar-refractivity contribution in [2.45, 2.75) is 16.4 Å². The molecule has 0 aliphatic carbocycles. The van der Waals surface area contributed by atoms with Crippen molar-refractivity contribution >= 4 is 23.4 Å². The molecular weight excluding hydrogens is 366 g/mol. The van der Waals surface area contributed by atoms with E-state index >= 15 is 0 Å². The van der Waals surface area contributed by atoms with Crippen molar-refractivity contribution in [2.75, 3.05) is 7.11 Å². The highest BCUT2D eigenvalue weighted by Crippen LogP contribution is 2.36. The van der Waals surface area contributed by atoms with E-state index in [1.165, 1.54) is 11.8 Å². The van der Waals surface area contributed by atoms with Crippen LogP contribution < -0.4 is 9.47 Å². The van der Waals surface area contributed by atoms with Gasteiger partial charge in [-0.05, 0) is 42.0 Å². The monoisotopic (exact) mass is 381 g/mol. The second-order valence-electron chi connectivity index (χ2n) is 5.48. The summed E-state index contributed by atoms with van der Waals surface area (Å²) in [5, 5.41) is 9.61. The zero-order valence-electron chi connectivity index (χ0n) is 14.1. The van der Waals surface area contributed by atoms with Gasteiger partial charge in [0.05, 0.1) is 18.7 Å². The van der Waals surface area contributed by atoms with Gasteiger partial charge in [0.25, 0.3) is 0 Å². The first-order chi connectivity index (χ1) is 12.7. The van der Waals surface area contributed by atoms with E-state index in [0.717, 1.165) is 15.4 Å². The van der Waals surface area contributed by atoms with Crippen LogP contribution in [-0.4, -0.2) is 7.11 Å². The van der Waals surface area contributed by atoms with Crippen molar-refractivity contribution in [1.29, 1.82) is 5.26 Å². The molecule has 0 aliphatic rings. The number of halogens is 1. The number of hydrogen-bond donors (Lipinski definition) is 0. The minimum absolute atomic E-state index is 0.476. The van der Waals surface area contributed by atoms with E-state index in [-0.39, 0.29) is 0 Å². The largest absolute Gasteiger partial charge is 0.493 e. The fraction of sp³-hybridized carbons (Fsp3) is 0.0952. The van der Waals surface area contributed by atoms with Gasteiger partial charge in [-0.2, -0.15) is 5.26 Å². The fourth-order valence-electron chi connectivity index (χ4n) is 2.39. The van der Waals surface area contributed by atoms with Crippen LogP contribution in [0.2, 0.25) is 5.02 Å². The Morgan fingerprint density at radius 1 is 0.962 bits per heavy atom. The van der Waals surface area contributed by atoms with Crippen molar-refractivity contribution in [2.24, 2.45) is 0 Å². The molecule has 0 atom stereocenters. The summed E-state index contributed by atoms with van der Waals surface area (Å²) >= 11 is 7.58. The summed E-state index contributed by atoms with van der Waals surface area (Å²) in [7, 11) is 1.62. The number of nitriles is 1. The molecule has 0 heterocycles. The Morgan fingerprint density at radius 3 is 2.50 bits per heavy atom. The summed E-state index contributed by atoms with van der Waals surface area (Å²) in [6.07, 6.45) is 0. The first-order valence-electron chi connectivity index (χ1n) is 7.91. The molecule has 0 amide bonds. The molecule has 0 aromatic heterocycles. The van der Waals surface area contributed by atoms with Crippen LogP contribution in [0, 0.1) is 11.3 Å².